The molecule has 1 aliphatic heterocycles. The second kappa shape index (κ2) is 7.46. The van der Waals surface area contributed by atoms with Gasteiger partial charge in [-0.2, -0.15) is 0 Å². The van der Waals surface area contributed by atoms with E-state index in [2.05, 4.69) is 5.32 Å². The predicted molar refractivity (Wildman–Crippen MR) is 106 cm³/mol. The first-order valence-corrected chi connectivity index (χ1v) is 9.56. The molecule has 4 rings (SSSR count). The highest BCUT2D eigenvalue weighted by molar-refractivity contribution is 6.31. The topological polar surface area (TPSA) is 75.7 Å². The van der Waals surface area contributed by atoms with Crippen LogP contribution in [0.5, 0.6) is 5.75 Å². The van der Waals surface area contributed by atoms with Gasteiger partial charge in [-0.25, -0.2) is 4.79 Å². The van der Waals surface area contributed by atoms with Gasteiger partial charge in [0.1, 0.15) is 11.3 Å². The van der Waals surface area contributed by atoms with Crippen LogP contribution in [0.25, 0.3) is 16.8 Å². The zero-order valence-corrected chi connectivity index (χ0v) is 15.7. The number of barbiturate groups is 1. The highest BCUT2D eigenvalue weighted by Gasteiger charge is 2.40. The first-order chi connectivity index (χ1) is 13.6. The van der Waals surface area contributed by atoms with Gasteiger partial charge in [0.2, 0.25) is 0 Å². The van der Waals surface area contributed by atoms with Crippen LogP contribution in [0.3, 0.4) is 0 Å². The molecule has 2 aliphatic rings. The molecule has 0 aromatic heterocycles. The minimum atomic E-state index is -0.651. The van der Waals surface area contributed by atoms with Gasteiger partial charge in [-0.05, 0) is 35.9 Å². The Hall–Kier alpha value is -3.15. The summed E-state index contributed by atoms with van der Waals surface area (Å²) in [5, 5.41) is 4.10. The van der Waals surface area contributed by atoms with E-state index in [1.165, 1.54) is 4.90 Å². The number of urea groups is 1. The Morgan fingerprint density at radius 2 is 1.71 bits per heavy atom. The second-order valence-electron chi connectivity index (χ2n) is 7.19. The number of fused-ring (bicyclic) bond motifs is 1. The number of nitrogens with one attached hydrogen (secondary N) is 1. The average Bonchev–Trinajstić information content (AvgIpc) is 2.71. The summed E-state index contributed by atoms with van der Waals surface area (Å²) in [7, 11) is 1.60. The zero-order chi connectivity index (χ0) is 19.7. The molecule has 0 unspecified atom stereocenters. The molecule has 2 aromatic carbocycles. The molecule has 0 atom stereocenters. The Morgan fingerprint density at radius 3 is 2.43 bits per heavy atom. The van der Waals surface area contributed by atoms with Gasteiger partial charge in [-0.15, -0.1) is 0 Å². The first kappa shape index (κ1) is 18.2. The summed E-state index contributed by atoms with van der Waals surface area (Å²) >= 11 is 0. The van der Waals surface area contributed by atoms with Crippen LogP contribution in [0.15, 0.2) is 42.0 Å². The molecule has 4 amide bonds. The maximum atomic E-state index is 13.1. The van der Waals surface area contributed by atoms with Crippen molar-refractivity contribution in [2.45, 2.75) is 38.1 Å². The van der Waals surface area contributed by atoms with E-state index in [0.717, 1.165) is 54.2 Å². The lowest BCUT2D eigenvalue weighted by Gasteiger charge is -2.35. The van der Waals surface area contributed by atoms with Crippen LogP contribution in [-0.4, -0.2) is 35.9 Å². The highest BCUT2D eigenvalue weighted by Crippen LogP contribution is 2.31. The van der Waals surface area contributed by atoms with Crippen molar-refractivity contribution in [2.24, 2.45) is 0 Å². The van der Waals surface area contributed by atoms with E-state index in [1.807, 2.05) is 36.4 Å². The van der Waals surface area contributed by atoms with Crippen molar-refractivity contribution in [1.82, 2.24) is 10.2 Å². The maximum absolute atomic E-state index is 13.1. The third-order valence-electron chi connectivity index (χ3n) is 5.51. The van der Waals surface area contributed by atoms with Crippen LogP contribution in [0.4, 0.5) is 4.79 Å². The van der Waals surface area contributed by atoms with Gasteiger partial charge in [0, 0.05) is 11.4 Å². The van der Waals surface area contributed by atoms with Gasteiger partial charge in [-0.3, -0.25) is 19.8 Å². The van der Waals surface area contributed by atoms with E-state index in [-0.39, 0.29) is 11.6 Å². The van der Waals surface area contributed by atoms with Crippen LogP contribution >= 0.6 is 0 Å². The molecular weight excluding hydrogens is 356 g/mol. The van der Waals surface area contributed by atoms with Crippen molar-refractivity contribution < 1.29 is 19.1 Å². The van der Waals surface area contributed by atoms with Crippen LogP contribution in [0, 0.1) is 0 Å². The molecule has 6 nitrogen and oxygen atoms in total. The van der Waals surface area contributed by atoms with E-state index in [4.69, 9.17) is 4.74 Å². The van der Waals surface area contributed by atoms with E-state index >= 15 is 0 Å². The number of rotatable bonds is 3. The summed E-state index contributed by atoms with van der Waals surface area (Å²) in [4.78, 5) is 39.1. The number of methoxy groups -OCH3 is 1. The van der Waals surface area contributed by atoms with Crippen molar-refractivity contribution >= 4 is 34.7 Å². The van der Waals surface area contributed by atoms with Crippen LogP contribution in [0.2, 0.25) is 0 Å². The molecule has 144 valence electrons. The molecule has 28 heavy (non-hydrogen) atoms. The van der Waals surface area contributed by atoms with Crippen LogP contribution in [0.1, 0.15) is 37.7 Å². The van der Waals surface area contributed by atoms with Gasteiger partial charge < -0.3 is 4.74 Å². The third-order valence-corrected chi connectivity index (χ3v) is 5.51. The Kier molecular flexibility index (Phi) is 4.86. The molecule has 6 heteroatoms. The number of hydrogen-bond donors (Lipinski definition) is 1. The summed E-state index contributed by atoms with van der Waals surface area (Å²) in [6.07, 6.45) is 6.22. The number of hydrogen-bond acceptors (Lipinski definition) is 4. The average molecular weight is 378 g/mol. The van der Waals surface area contributed by atoms with Crippen molar-refractivity contribution in [2.75, 3.05) is 7.11 Å². The number of carbonyl (C=O) groups is 3. The number of ether oxygens (including phenoxy) is 1. The van der Waals surface area contributed by atoms with Gasteiger partial charge >= 0.3 is 6.03 Å². The molecule has 1 saturated carbocycles. The van der Waals surface area contributed by atoms with E-state index < -0.39 is 17.8 Å². The van der Waals surface area contributed by atoms with Crippen molar-refractivity contribution in [3.8, 4) is 5.75 Å². The summed E-state index contributed by atoms with van der Waals surface area (Å²) in [6, 6.07) is 10.5. The number of benzene rings is 2. The Morgan fingerprint density at radius 1 is 1.00 bits per heavy atom. The third kappa shape index (κ3) is 3.15. The molecule has 1 saturated heterocycles. The molecule has 2 aromatic rings. The molecule has 0 bridgehead atoms. The van der Waals surface area contributed by atoms with Crippen molar-refractivity contribution in [1.29, 1.82) is 0 Å². The lowest BCUT2D eigenvalue weighted by molar-refractivity contribution is -0.132. The standard InChI is InChI=1S/C22H22N2O4/c1-28-19-12-11-14(16-9-5-6-10-17(16)19)13-18-20(25)23-22(27)24(21(18)26)15-7-3-2-4-8-15/h5-6,9-13,15H,2-4,7-8H2,1H3,(H,23,25,27)/b18-13+. The summed E-state index contributed by atoms with van der Waals surface area (Å²) in [6.45, 7) is 0. The zero-order valence-electron chi connectivity index (χ0n) is 15.7. The lowest BCUT2D eigenvalue weighted by atomic mass is 9.93. The predicted octanol–water partition coefficient (Wildman–Crippen LogP) is 3.64. The Bertz CT molecular complexity index is 989. The summed E-state index contributed by atoms with van der Waals surface area (Å²) < 4.78 is 5.41. The monoisotopic (exact) mass is 378 g/mol. The second-order valence-corrected chi connectivity index (χ2v) is 7.19. The van der Waals surface area contributed by atoms with Gasteiger partial charge in [-0.1, -0.05) is 49.6 Å². The smallest absolute Gasteiger partial charge is 0.331 e. The highest BCUT2D eigenvalue weighted by atomic mass is 16.5. The summed E-state index contributed by atoms with van der Waals surface area (Å²) in [5.41, 5.74) is 0.716. The molecule has 2 fully saturated rings. The largest absolute Gasteiger partial charge is 0.496 e. The number of amides is 4. The Balaban J connectivity index is 1.76. The first-order valence-electron chi connectivity index (χ1n) is 9.56. The fourth-order valence-electron chi connectivity index (χ4n) is 4.10. The molecule has 1 aliphatic carbocycles. The van der Waals surface area contributed by atoms with E-state index in [1.54, 1.807) is 13.2 Å². The number of nitrogens with zero attached hydrogens (tertiary/aromatic N) is 1. The molecule has 0 spiro atoms. The van der Waals surface area contributed by atoms with Crippen molar-refractivity contribution in [3.05, 3.63) is 47.5 Å². The lowest BCUT2D eigenvalue weighted by Crippen LogP contribution is -2.58. The Labute approximate surface area is 163 Å². The summed E-state index contributed by atoms with van der Waals surface area (Å²) in [5.74, 6) is -0.446. The number of carbonyl (C=O) groups excluding carboxylic acids is 3. The van der Waals surface area contributed by atoms with Gasteiger partial charge in [0.25, 0.3) is 11.8 Å². The quantitative estimate of drug-likeness (QED) is 0.653. The fourth-order valence-corrected chi connectivity index (χ4v) is 4.10. The normalized spacial score (nSPS) is 20.0. The van der Waals surface area contributed by atoms with Gasteiger partial charge in [0.05, 0.1) is 7.11 Å². The molecular formula is C22H22N2O4. The van der Waals surface area contributed by atoms with Crippen molar-refractivity contribution in [3.63, 3.8) is 0 Å². The van der Waals surface area contributed by atoms with Gasteiger partial charge in [0.15, 0.2) is 0 Å². The SMILES string of the molecule is COc1ccc(/C=C2\C(=O)NC(=O)N(C3CCCCC3)C2=O)c2ccccc12. The molecule has 0 radical (unpaired) electrons. The van der Waals surface area contributed by atoms with Crippen LogP contribution in [-0.2, 0) is 9.59 Å². The van der Waals surface area contributed by atoms with Crippen LogP contribution < -0.4 is 10.1 Å². The minimum Gasteiger partial charge on any atom is -0.496 e. The maximum Gasteiger partial charge on any atom is 0.331 e. The molecule has 1 N–H and O–H groups in total. The minimum absolute atomic E-state index is 0.0134. The van der Waals surface area contributed by atoms with E-state index in [9.17, 15) is 14.4 Å². The fraction of sp³-hybridized carbons (Fsp3) is 0.318. The van der Waals surface area contributed by atoms with E-state index in [0.29, 0.717) is 0 Å². The molecule has 1 heterocycles. The number of imide groups is 2.